The number of aromatic nitrogens is 2. The molecule has 0 bridgehead atoms. The molecule has 1 aromatic heterocycles. The SMILES string of the molecule is CC(C)c1ccc(NC(=O)CNc2c(C=N)n(C)c(=O)n(C)c2=O)cc1. The van der Waals surface area contributed by atoms with Gasteiger partial charge in [0.25, 0.3) is 5.56 Å². The summed E-state index contributed by atoms with van der Waals surface area (Å²) in [5, 5.41) is 12.9. The molecule has 0 saturated carbocycles. The predicted molar refractivity (Wildman–Crippen MR) is 102 cm³/mol. The van der Waals surface area contributed by atoms with Crippen LogP contribution < -0.4 is 21.9 Å². The van der Waals surface area contributed by atoms with Crippen LogP contribution in [-0.2, 0) is 18.9 Å². The van der Waals surface area contributed by atoms with Crippen LogP contribution in [0.25, 0.3) is 0 Å². The molecular weight excluding hydrogens is 334 g/mol. The highest BCUT2D eigenvalue weighted by Crippen LogP contribution is 2.17. The lowest BCUT2D eigenvalue weighted by atomic mass is 10.0. The Bertz CT molecular complexity index is 939. The molecule has 138 valence electrons. The molecule has 0 radical (unpaired) electrons. The summed E-state index contributed by atoms with van der Waals surface area (Å²) in [5.74, 6) is 0.0658. The zero-order chi connectivity index (χ0) is 19.4. The van der Waals surface area contributed by atoms with Crippen LogP contribution in [0.2, 0.25) is 0 Å². The molecule has 0 unspecified atom stereocenters. The average Bonchev–Trinajstić information content (AvgIpc) is 2.62. The van der Waals surface area contributed by atoms with Crippen LogP contribution in [0.15, 0.2) is 33.9 Å². The minimum atomic E-state index is -0.583. The van der Waals surface area contributed by atoms with Gasteiger partial charge < -0.3 is 16.0 Å². The number of nitrogens with zero attached hydrogens (tertiary/aromatic N) is 2. The molecule has 0 aliphatic heterocycles. The van der Waals surface area contributed by atoms with Gasteiger partial charge in [0.1, 0.15) is 5.69 Å². The van der Waals surface area contributed by atoms with Gasteiger partial charge in [0.2, 0.25) is 5.91 Å². The van der Waals surface area contributed by atoms with Gasteiger partial charge in [-0.05, 0) is 23.6 Å². The molecular formula is C18H23N5O3. The molecule has 8 heteroatoms. The fourth-order valence-corrected chi connectivity index (χ4v) is 2.52. The number of nitrogens with one attached hydrogen (secondary N) is 3. The summed E-state index contributed by atoms with van der Waals surface area (Å²) >= 11 is 0. The average molecular weight is 357 g/mol. The second-order valence-electron chi connectivity index (χ2n) is 6.29. The molecule has 1 aromatic carbocycles. The first-order chi connectivity index (χ1) is 12.3. The maximum Gasteiger partial charge on any atom is 0.331 e. The van der Waals surface area contributed by atoms with Gasteiger partial charge >= 0.3 is 5.69 Å². The van der Waals surface area contributed by atoms with Crippen LogP contribution in [0.3, 0.4) is 0 Å². The standard InChI is InChI=1S/C18H23N5O3/c1-11(2)12-5-7-13(8-6-12)21-15(24)10-20-16-14(9-19)22(3)18(26)23(4)17(16)25/h5-9,11,19-20H,10H2,1-4H3,(H,21,24). The summed E-state index contributed by atoms with van der Waals surface area (Å²) < 4.78 is 2.11. The second-order valence-corrected chi connectivity index (χ2v) is 6.29. The number of carbonyl (C=O) groups excluding carboxylic acids is 1. The Hall–Kier alpha value is -3.16. The van der Waals surface area contributed by atoms with Crippen molar-refractivity contribution in [3.05, 3.63) is 56.4 Å². The zero-order valence-corrected chi connectivity index (χ0v) is 15.3. The first-order valence-electron chi connectivity index (χ1n) is 8.20. The molecule has 0 fully saturated rings. The van der Waals surface area contributed by atoms with E-state index in [0.29, 0.717) is 11.6 Å². The number of anilines is 2. The van der Waals surface area contributed by atoms with Gasteiger partial charge in [-0.25, -0.2) is 4.79 Å². The van der Waals surface area contributed by atoms with Gasteiger partial charge in [0.05, 0.1) is 12.2 Å². The molecule has 0 atom stereocenters. The lowest BCUT2D eigenvalue weighted by Crippen LogP contribution is -2.41. The first kappa shape index (κ1) is 19.2. The molecule has 8 nitrogen and oxygen atoms in total. The van der Waals surface area contributed by atoms with E-state index >= 15 is 0 Å². The lowest BCUT2D eigenvalue weighted by Gasteiger charge is -2.13. The molecule has 2 aromatic rings. The first-order valence-corrected chi connectivity index (χ1v) is 8.20. The molecule has 0 saturated heterocycles. The van der Waals surface area contributed by atoms with Crippen molar-refractivity contribution in [3.8, 4) is 0 Å². The monoisotopic (exact) mass is 357 g/mol. The van der Waals surface area contributed by atoms with Crippen molar-refractivity contribution in [2.45, 2.75) is 19.8 Å². The topological polar surface area (TPSA) is 109 Å². The lowest BCUT2D eigenvalue weighted by molar-refractivity contribution is -0.114. The van der Waals surface area contributed by atoms with E-state index < -0.39 is 11.2 Å². The van der Waals surface area contributed by atoms with E-state index in [9.17, 15) is 14.4 Å². The Kier molecular flexibility index (Phi) is 5.76. The van der Waals surface area contributed by atoms with Crippen LogP contribution in [0, 0.1) is 5.41 Å². The smallest absolute Gasteiger partial charge is 0.331 e. The van der Waals surface area contributed by atoms with Crippen molar-refractivity contribution in [2.24, 2.45) is 14.1 Å². The van der Waals surface area contributed by atoms with E-state index in [0.717, 1.165) is 10.8 Å². The van der Waals surface area contributed by atoms with E-state index in [1.807, 2.05) is 24.3 Å². The van der Waals surface area contributed by atoms with Gasteiger partial charge in [-0.2, -0.15) is 0 Å². The minimum absolute atomic E-state index is 0.0369. The van der Waals surface area contributed by atoms with E-state index in [4.69, 9.17) is 5.41 Å². The molecule has 0 aliphatic rings. The van der Waals surface area contributed by atoms with Crippen molar-refractivity contribution in [3.63, 3.8) is 0 Å². The number of amides is 1. The van der Waals surface area contributed by atoms with E-state index in [1.54, 1.807) is 0 Å². The summed E-state index contributed by atoms with van der Waals surface area (Å²) in [6.07, 6.45) is 0.910. The Morgan fingerprint density at radius 2 is 1.77 bits per heavy atom. The Morgan fingerprint density at radius 1 is 1.15 bits per heavy atom. The van der Waals surface area contributed by atoms with Crippen molar-refractivity contribution < 1.29 is 4.79 Å². The van der Waals surface area contributed by atoms with E-state index in [1.165, 1.54) is 24.2 Å². The maximum atomic E-state index is 12.2. The van der Waals surface area contributed by atoms with Gasteiger partial charge in [0.15, 0.2) is 0 Å². The van der Waals surface area contributed by atoms with Crippen molar-refractivity contribution in [1.82, 2.24) is 9.13 Å². The summed E-state index contributed by atoms with van der Waals surface area (Å²) in [6.45, 7) is 4.01. The van der Waals surface area contributed by atoms with Gasteiger partial charge in [-0.1, -0.05) is 26.0 Å². The van der Waals surface area contributed by atoms with Crippen LogP contribution in [-0.4, -0.2) is 27.8 Å². The molecule has 1 heterocycles. The van der Waals surface area contributed by atoms with Gasteiger partial charge in [-0.3, -0.25) is 18.7 Å². The molecule has 0 spiro atoms. The highest BCUT2D eigenvalue weighted by molar-refractivity contribution is 5.94. The highest BCUT2D eigenvalue weighted by atomic mass is 16.2. The Morgan fingerprint density at radius 3 is 2.31 bits per heavy atom. The normalized spacial score (nSPS) is 10.7. The largest absolute Gasteiger partial charge is 0.370 e. The van der Waals surface area contributed by atoms with Gasteiger partial charge in [0, 0.05) is 26.0 Å². The van der Waals surface area contributed by atoms with Crippen molar-refractivity contribution >= 4 is 23.5 Å². The minimum Gasteiger partial charge on any atom is -0.370 e. The fraction of sp³-hybridized carbons (Fsp3) is 0.333. The van der Waals surface area contributed by atoms with Crippen LogP contribution in [0.4, 0.5) is 11.4 Å². The van der Waals surface area contributed by atoms with Crippen LogP contribution in [0.5, 0.6) is 0 Å². The third-order valence-corrected chi connectivity index (χ3v) is 4.13. The molecule has 0 aliphatic carbocycles. The summed E-state index contributed by atoms with van der Waals surface area (Å²) in [6, 6.07) is 7.54. The third kappa shape index (κ3) is 3.90. The summed E-state index contributed by atoms with van der Waals surface area (Å²) in [4.78, 5) is 36.3. The Labute approximate surface area is 151 Å². The number of benzene rings is 1. The molecule has 3 N–H and O–H groups in total. The van der Waals surface area contributed by atoms with Crippen molar-refractivity contribution in [2.75, 3.05) is 17.2 Å². The highest BCUT2D eigenvalue weighted by Gasteiger charge is 2.14. The molecule has 1 amide bonds. The quantitative estimate of drug-likeness (QED) is 0.676. The number of rotatable bonds is 6. The molecule has 2 rings (SSSR count). The second kappa shape index (κ2) is 7.81. The fourth-order valence-electron chi connectivity index (χ4n) is 2.52. The van der Waals surface area contributed by atoms with E-state index in [-0.39, 0.29) is 23.8 Å². The van der Waals surface area contributed by atoms with E-state index in [2.05, 4.69) is 24.5 Å². The summed E-state index contributed by atoms with van der Waals surface area (Å²) in [5.41, 5.74) is 0.865. The Balaban J connectivity index is 2.14. The van der Waals surface area contributed by atoms with Crippen LogP contribution in [0.1, 0.15) is 31.0 Å². The van der Waals surface area contributed by atoms with Gasteiger partial charge in [-0.15, -0.1) is 0 Å². The zero-order valence-electron chi connectivity index (χ0n) is 15.3. The third-order valence-electron chi connectivity index (χ3n) is 4.13. The maximum absolute atomic E-state index is 12.2. The summed E-state index contributed by atoms with van der Waals surface area (Å²) in [7, 11) is 2.81. The number of hydrogen-bond donors (Lipinski definition) is 3. The van der Waals surface area contributed by atoms with Crippen LogP contribution >= 0.6 is 0 Å². The predicted octanol–water partition coefficient (Wildman–Crippen LogP) is 1.26. The number of carbonyl (C=O) groups is 1. The van der Waals surface area contributed by atoms with Crippen molar-refractivity contribution in [1.29, 1.82) is 5.41 Å². The number of hydrogen-bond acceptors (Lipinski definition) is 5. The molecule has 26 heavy (non-hydrogen) atoms.